The highest BCUT2D eigenvalue weighted by atomic mass is 16.2. The van der Waals surface area contributed by atoms with Crippen LogP contribution in [0.1, 0.15) is 94.8 Å². The highest BCUT2D eigenvalue weighted by Crippen LogP contribution is 2.46. The highest BCUT2D eigenvalue weighted by Gasteiger charge is 2.37. The van der Waals surface area contributed by atoms with Gasteiger partial charge in [0.2, 0.25) is 0 Å². The molecule has 248 valence electrons. The van der Waals surface area contributed by atoms with Gasteiger partial charge in [-0.1, -0.05) is 52.0 Å². The van der Waals surface area contributed by atoms with E-state index in [0.717, 1.165) is 84.2 Å². The van der Waals surface area contributed by atoms with Crippen LogP contribution in [0, 0.1) is 0 Å². The monoisotopic (exact) mass is 644 g/mol. The lowest BCUT2D eigenvalue weighted by atomic mass is 9.82. The summed E-state index contributed by atoms with van der Waals surface area (Å²) in [6.07, 6.45) is 4.07. The fourth-order valence-corrected chi connectivity index (χ4v) is 8.19. The highest BCUT2D eigenvalue weighted by molar-refractivity contribution is 6.41. The molecule has 0 saturated heterocycles. The summed E-state index contributed by atoms with van der Waals surface area (Å²) in [6, 6.07) is 15.3. The molecule has 0 atom stereocenters. The number of fused-ring (bicyclic) bond motifs is 2. The third-order valence-electron chi connectivity index (χ3n) is 10.2. The quantitative estimate of drug-likeness (QED) is 0.0724. The van der Waals surface area contributed by atoms with Crippen LogP contribution in [0.3, 0.4) is 0 Å². The van der Waals surface area contributed by atoms with Gasteiger partial charge in [-0.15, -0.1) is 0 Å². The summed E-state index contributed by atoms with van der Waals surface area (Å²) < 4.78 is 0. The van der Waals surface area contributed by atoms with E-state index in [1.54, 1.807) is 0 Å². The molecule has 8 heteroatoms. The van der Waals surface area contributed by atoms with Gasteiger partial charge in [0.15, 0.2) is 0 Å². The van der Waals surface area contributed by atoms with E-state index in [9.17, 15) is 19.2 Å². The molecule has 2 aliphatic rings. The Hall–Kier alpha value is -4.40. The summed E-state index contributed by atoms with van der Waals surface area (Å²) in [4.78, 5) is 63.1. The molecule has 7 rings (SSSR count). The summed E-state index contributed by atoms with van der Waals surface area (Å²) in [5, 5.41) is 6.77. The Morgan fingerprint density at radius 1 is 0.396 bits per heavy atom. The molecule has 2 aliphatic heterocycles. The Morgan fingerprint density at radius 2 is 0.667 bits per heavy atom. The van der Waals surface area contributed by atoms with Crippen molar-refractivity contribution in [3.05, 3.63) is 70.8 Å². The summed E-state index contributed by atoms with van der Waals surface area (Å²) in [6.45, 7) is 14.3. The lowest BCUT2D eigenvalue weighted by molar-refractivity contribution is 0.0577. The Labute approximate surface area is 281 Å². The lowest BCUT2D eigenvalue weighted by Gasteiger charge is -2.31. The molecule has 0 unspecified atom stereocenters. The molecule has 2 heterocycles. The Bertz CT molecular complexity index is 1820. The molecule has 0 bridgehead atoms. The molecule has 0 N–H and O–H groups in total. The molecular formula is C40H44N4O4. The standard InChI is InChI=1S/C40H44N4O4/c1-5-17-41(18-6-2)21-23-43-37(45)29-13-9-25-27-11-15-31-36-32(40(48)44(39(31)47)24-22-42(19-7-3)20-8-4)16-12-28(34(27)36)26-10-14-30(38(43)46)35(29)33(25)26/h9-16H,5-8,17-24H2,1-4H3. The van der Waals surface area contributed by atoms with Gasteiger partial charge in [0, 0.05) is 59.2 Å². The predicted octanol–water partition coefficient (Wildman–Crippen LogP) is 7.17. The van der Waals surface area contributed by atoms with E-state index in [1.165, 1.54) is 9.80 Å². The average Bonchev–Trinajstić information content (AvgIpc) is 3.09. The van der Waals surface area contributed by atoms with Gasteiger partial charge in [0.1, 0.15) is 0 Å². The van der Waals surface area contributed by atoms with Crippen LogP contribution in [0.2, 0.25) is 0 Å². The number of amides is 4. The number of carbonyl (C=O) groups is 4. The first-order valence-electron chi connectivity index (χ1n) is 17.7. The fourth-order valence-electron chi connectivity index (χ4n) is 8.19. The maximum atomic E-state index is 13.9. The van der Waals surface area contributed by atoms with Crippen molar-refractivity contribution >= 4 is 66.7 Å². The van der Waals surface area contributed by atoms with Crippen molar-refractivity contribution in [2.24, 2.45) is 0 Å². The van der Waals surface area contributed by atoms with Crippen LogP contribution < -0.4 is 0 Å². The molecule has 5 aromatic rings. The second-order valence-corrected chi connectivity index (χ2v) is 13.3. The Kier molecular flexibility index (Phi) is 8.64. The number of carbonyl (C=O) groups excluding carboxylic acids is 4. The number of imide groups is 2. The minimum absolute atomic E-state index is 0.257. The summed E-state index contributed by atoms with van der Waals surface area (Å²) >= 11 is 0. The van der Waals surface area contributed by atoms with Crippen LogP contribution >= 0.6 is 0 Å². The molecule has 0 radical (unpaired) electrons. The third kappa shape index (κ3) is 4.96. The summed E-state index contributed by atoms with van der Waals surface area (Å²) in [5.74, 6) is -1.03. The first-order valence-corrected chi connectivity index (χ1v) is 17.7. The van der Waals surface area contributed by atoms with Crippen LogP contribution in [-0.2, 0) is 0 Å². The van der Waals surface area contributed by atoms with Gasteiger partial charge in [-0.2, -0.15) is 0 Å². The van der Waals surface area contributed by atoms with Crippen molar-refractivity contribution in [1.82, 2.24) is 19.6 Å². The van der Waals surface area contributed by atoms with E-state index in [4.69, 9.17) is 0 Å². The van der Waals surface area contributed by atoms with E-state index in [1.807, 2.05) is 48.5 Å². The smallest absolute Gasteiger partial charge is 0.261 e. The van der Waals surface area contributed by atoms with Crippen LogP contribution in [0.15, 0.2) is 48.5 Å². The number of hydrogen-bond acceptors (Lipinski definition) is 6. The molecule has 8 nitrogen and oxygen atoms in total. The normalized spacial score (nSPS) is 14.9. The van der Waals surface area contributed by atoms with Crippen molar-refractivity contribution in [1.29, 1.82) is 0 Å². The summed E-state index contributed by atoms with van der Waals surface area (Å²) in [7, 11) is 0. The van der Waals surface area contributed by atoms with Crippen LogP contribution in [-0.4, -0.2) is 95.6 Å². The SMILES string of the molecule is CCCN(CCC)CCN1C(=O)c2ccc3c4ccc5c6c(ccc(c7ccc(c2c37)C1=O)c64)C(=O)N(CCN(CCC)CCC)C5=O. The zero-order valence-corrected chi connectivity index (χ0v) is 28.5. The first kappa shape index (κ1) is 32.2. The molecule has 0 aliphatic carbocycles. The molecule has 4 amide bonds. The Balaban J connectivity index is 1.32. The van der Waals surface area contributed by atoms with Gasteiger partial charge in [-0.3, -0.25) is 29.0 Å². The second-order valence-electron chi connectivity index (χ2n) is 13.3. The number of rotatable bonds is 14. The van der Waals surface area contributed by atoms with E-state index < -0.39 is 0 Å². The van der Waals surface area contributed by atoms with Crippen molar-refractivity contribution in [3.8, 4) is 0 Å². The molecule has 0 aromatic heterocycles. The minimum atomic E-state index is -0.257. The average molecular weight is 645 g/mol. The zero-order chi connectivity index (χ0) is 33.7. The number of benzene rings is 5. The second kappa shape index (κ2) is 12.9. The van der Waals surface area contributed by atoms with Crippen molar-refractivity contribution in [2.75, 3.05) is 52.4 Å². The van der Waals surface area contributed by atoms with Gasteiger partial charge >= 0.3 is 0 Å². The van der Waals surface area contributed by atoms with Crippen molar-refractivity contribution < 1.29 is 19.2 Å². The van der Waals surface area contributed by atoms with Crippen molar-refractivity contribution in [3.63, 3.8) is 0 Å². The van der Waals surface area contributed by atoms with Gasteiger partial charge in [-0.25, -0.2) is 0 Å². The van der Waals surface area contributed by atoms with Crippen LogP contribution in [0.5, 0.6) is 0 Å². The molecule has 48 heavy (non-hydrogen) atoms. The zero-order valence-electron chi connectivity index (χ0n) is 28.5. The largest absolute Gasteiger partial charge is 0.302 e. The lowest BCUT2D eigenvalue weighted by Crippen LogP contribution is -2.45. The van der Waals surface area contributed by atoms with Crippen molar-refractivity contribution in [2.45, 2.75) is 53.4 Å². The topological polar surface area (TPSA) is 81.2 Å². The maximum Gasteiger partial charge on any atom is 0.261 e. The van der Waals surface area contributed by atoms with Crippen LogP contribution in [0.25, 0.3) is 43.1 Å². The third-order valence-corrected chi connectivity index (χ3v) is 10.2. The van der Waals surface area contributed by atoms with E-state index in [-0.39, 0.29) is 23.6 Å². The fraction of sp³-hybridized carbons (Fsp3) is 0.400. The van der Waals surface area contributed by atoms with Gasteiger partial charge in [-0.05, 0) is 108 Å². The van der Waals surface area contributed by atoms with E-state index >= 15 is 0 Å². The molecule has 0 spiro atoms. The van der Waals surface area contributed by atoms with Crippen LogP contribution in [0.4, 0.5) is 0 Å². The van der Waals surface area contributed by atoms with Gasteiger partial charge in [0.25, 0.3) is 23.6 Å². The summed E-state index contributed by atoms with van der Waals surface area (Å²) in [5.41, 5.74) is 2.16. The Morgan fingerprint density at radius 3 is 0.917 bits per heavy atom. The van der Waals surface area contributed by atoms with Gasteiger partial charge in [0.05, 0.1) is 0 Å². The van der Waals surface area contributed by atoms with E-state index in [2.05, 4.69) is 37.5 Å². The predicted molar refractivity (Wildman–Crippen MR) is 192 cm³/mol. The molecule has 0 fully saturated rings. The minimum Gasteiger partial charge on any atom is -0.302 e. The first-order chi connectivity index (χ1) is 23.3. The molecule has 0 saturated carbocycles. The number of nitrogens with zero attached hydrogens (tertiary/aromatic N) is 4. The number of hydrogen-bond donors (Lipinski definition) is 0. The maximum absolute atomic E-state index is 13.9. The van der Waals surface area contributed by atoms with Gasteiger partial charge < -0.3 is 9.80 Å². The van der Waals surface area contributed by atoms with E-state index in [0.29, 0.717) is 59.2 Å². The molecular weight excluding hydrogens is 600 g/mol. The molecule has 5 aromatic carbocycles.